The van der Waals surface area contributed by atoms with Crippen LogP contribution in [0.5, 0.6) is 11.5 Å². The second kappa shape index (κ2) is 3.80. The fourth-order valence-electron chi connectivity index (χ4n) is 0.863. The Balaban J connectivity index is 2.68. The molecule has 4 heteroatoms. The Morgan fingerprint density at radius 2 is 2.23 bits per heavy atom. The number of carboxylic acids is 1. The number of aliphatic carboxylic acids is 1. The molecule has 0 aromatic heterocycles. The van der Waals surface area contributed by atoms with Gasteiger partial charge < -0.3 is 14.9 Å². The summed E-state index contributed by atoms with van der Waals surface area (Å²) in [4.78, 5) is 10.2. The van der Waals surface area contributed by atoms with E-state index in [1.54, 1.807) is 13.0 Å². The van der Waals surface area contributed by atoms with Gasteiger partial charge in [-0.15, -0.1) is 0 Å². The van der Waals surface area contributed by atoms with E-state index in [-0.39, 0.29) is 12.4 Å². The molecule has 1 aromatic rings. The van der Waals surface area contributed by atoms with E-state index in [0.29, 0.717) is 11.3 Å². The summed E-state index contributed by atoms with van der Waals surface area (Å²) < 4.78 is 4.89. The fraction of sp³-hybridized carbons (Fsp3) is 0.222. The normalized spacial score (nSPS) is 9.62. The van der Waals surface area contributed by atoms with Crippen LogP contribution in [0.4, 0.5) is 0 Å². The minimum absolute atomic E-state index is 0.169. The average Bonchev–Trinajstić information content (AvgIpc) is 2.07. The van der Waals surface area contributed by atoms with Crippen molar-refractivity contribution in [2.75, 3.05) is 6.61 Å². The van der Waals surface area contributed by atoms with Gasteiger partial charge >= 0.3 is 5.97 Å². The third kappa shape index (κ3) is 2.66. The summed E-state index contributed by atoms with van der Waals surface area (Å²) in [6.07, 6.45) is 0. The van der Waals surface area contributed by atoms with Crippen LogP contribution in [-0.2, 0) is 4.79 Å². The number of phenolic OH excluding ortho intramolecular Hbond substituents is 1. The van der Waals surface area contributed by atoms with Crippen LogP contribution in [0.15, 0.2) is 18.2 Å². The van der Waals surface area contributed by atoms with Crippen LogP contribution in [0.2, 0.25) is 0 Å². The van der Waals surface area contributed by atoms with E-state index in [2.05, 4.69) is 0 Å². The highest BCUT2D eigenvalue weighted by Gasteiger charge is 2.01. The predicted octanol–water partition coefficient (Wildman–Crippen LogP) is 1.16. The molecule has 13 heavy (non-hydrogen) atoms. The minimum atomic E-state index is -1.02. The zero-order valence-electron chi connectivity index (χ0n) is 7.15. The molecule has 0 amide bonds. The number of rotatable bonds is 3. The van der Waals surface area contributed by atoms with Gasteiger partial charge in [0.2, 0.25) is 0 Å². The largest absolute Gasteiger partial charge is 0.508 e. The Bertz CT molecular complexity index is 319. The first-order valence-corrected chi connectivity index (χ1v) is 3.74. The first-order valence-electron chi connectivity index (χ1n) is 3.74. The van der Waals surface area contributed by atoms with Gasteiger partial charge in [-0.3, -0.25) is 0 Å². The van der Waals surface area contributed by atoms with Crippen molar-refractivity contribution < 1.29 is 19.7 Å². The topological polar surface area (TPSA) is 66.8 Å². The number of hydrogen-bond donors (Lipinski definition) is 2. The van der Waals surface area contributed by atoms with Crippen molar-refractivity contribution in [3.63, 3.8) is 0 Å². The lowest BCUT2D eigenvalue weighted by Gasteiger charge is -2.04. The van der Waals surface area contributed by atoms with Gasteiger partial charge in [0.1, 0.15) is 11.5 Å². The maximum Gasteiger partial charge on any atom is 0.341 e. The maximum absolute atomic E-state index is 10.2. The molecule has 0 spiro atoms. The molecule has 70 valence electrons. The van der Waals surface area contributed by atoms with Gasteiger partial charge in [-0.25, -0.2) is 4.79 Å². The van der Waals surface area contributed by atoms with Gasteiger partial charge in [0.15, 0.2) is 6.61 Å². The van der Waals surface area contributed by atoms with Crippen LogP contribution in [0.1, 0.15) is 5.56 Å². The van der Waals surface area contributed by atoms with Gasteiger partial charge in [0.25, 0.3) is 0 Å². The van der Waals surface area contributed by atoms with Gasteiger partial charge in [0.05, 0.1) is 0 Å². The molecule has 0 bridgehead atoms. The summed E-state index contributed by atoms with van der Waals surface area (Å²) in [5.41, 5.74) is 0.655. The highest BCUT2D eigenvalue weighted by molar-refractivity contribution is 5.68. The third-order valence-electron chi connectivity index (χ3n) is 1.53. The molecule has 0 saturated carbocycles. The molecule has 4 nitrogen and oxygen atoms in total. The fourth-order valence-corrected chi connectivity index (χ4v) is 0.863. The Kier molecular flexibility index (Phi) is 2.74. The number of aromatic hydroxyl groups is 1. The molecule has 1 aromatic carbocycles. The van der Waals surface area contributed by atoms with Crippen LogP contribution >= 0.6 is 0 Å². The smallest absolute Gasteiger partial charge is 0.341 e. The first-order chi connectivity index (χ1) is 6.09. The van der Waals surface area contributed by atoms with E-state index < -0.39 is 5.97 Å². The highest BCUT2D eigenvalue weighted by atomic mass is 16.5. The number of hydrogen-bond acceptors (Lipinski definition) is 3. The van der Waals surface area contributed by atoms with Gasteiger partial charge in [-0.1, -0.05) is 0 Å². The predicted molar refractivity (Wildman–Crippen MR) is 46.0 cm³/mol. The van der Waals surface area contributed by atoms with E-state index in [9.17, 15) is 4.79 Å². The summed E-state index contributed by atoms with van der Waals surface area (Å²) in [7, 11) is 0. The van der Waals surface area contributed by atoms with E-state index in [4.69, 9.17) is 14.9 Å². The Morgan fingerprint density at radius 3 is 2.77 bits per heavy atom. The summed E-state index contributed by atoms with van der Waals surface area (Å²) in [6, 6.07) is 4.57. The molecule has 0 aliphatic heterocycles. The van der Waals surface area contributed by atoms with Crippen LogP contribution in [0.3, 0.4) is 0 Å². The minimum Gasteiger partial charge on any atom is -0.508 e. The summed E-state index contributed by atoms with van der Waals surface area (Å²) in [5, 5.41) is 17.5. The molecular weight excluding hydrogens is 172 g/mol. The Hall–Kier alpha value is -1.71. The Morgan fingerprint density at radius 1 is 1.54 bits per heavy atom. The zero-order chi connectivity index (χ0) is 9.84. The Labute approximate surface area is 75.4 Å². The number of benzene rings is 1. The molecule has 0 aliphatic carbocycles. The van der Waals surface area contributed by atoms with Crippen molar-refractivity contribution in [2.45, 2.75) is 6.92 Å². The molecule has 0 aliphatic rings. The van der Waals surface area contributed by atoms with Crippen molar-refractivity contribution in [1.82, 2.24) is 0 Å². The average molecular weight is 182 g/mol. The summed E-state index contributed by atoms with van der Waals surface area (Å²) in [5.74, 6) is -0.411. The van der Waals surface area contributed by atoms with Gasteiger partial charge in [-0.2, -0.15) is 0 Å². The monoisotopic (exact) mass is 182 g/mol. The maximum atomic E-state index is 10.2. The first kappa shape index (κ1) is 9.38. The van der Waals surface area contributed by atoms with Crippen molar-refractivity contribution in [3.8, 4) is 11.5 Å². The van der Waals surface area contributed by atoms with E-state index in [1.807, 2.05) is 0 Å². The summed E-state index contributed by atoms with van der Waals surface area (Å²) >= 11 is 0. The lowest BCUT2D eigenvalue weighted by Crippen LogP contribution is -2.09. The second-order valence-corrected chi connectivity index (χ2v) is 2.63. The molecule has 2 N–H and O–H groups in total. The molecule has 0 heterocycles. The number of carbonyl (C=O) groups is 1. The van der Waals surface area contributed by atoms with Crippen molar-refractivity contribution in [2.24, 2.45) is 0 Å². The zero-order valence-corrected chi connectivity index (χ0v) is 7.15. The SMILES string of the molecule is Cc1cc(OCC(=O)O)ccc1O. The van der Waals surface area contributed by atoms with Crippen LogP contribution in [-0.4, -0.2) is 22.8 Å². The lowest BCUT2D eigenvalue weighted by molar-refractivity contribution is -0.139. The lowest BCUT2D eigenvalue weighted by atomic mass is 10.2. The molecule has 1 rings (SSSR count). The van der Waals surface area contributed by atoms with E-state index >= 15 is 0 Å². The molecule has 0 saturated heterocycles. The number of carboxylic acid groups (broad SMARTS) is 1. The number of aryl methyl sites for hydroxylation is 1. The van der Waals surface area contributed by atoms with Crippen molar-refractivity contribution >= 4 is 5.97 Å². The molecular formula is C9H10O4. The summed E-state index contributed by atoms with van der Waals surface area (Å²) in [6.45, 7) is 1.34. The molecule has 0 atom stereocenters. The van der Waals surface area contributed by atoms with Crippen molar-refractivity contribution in [1.29, 1.82) is 0 Å². The number of phenols is 1. The van der Waals surface area contributed by atoms with Crippen molar-refractivity contribution in [3.05, 3.63) is 23.8 Å². The third-order valence-corrected chi connectivity index (χ3v) is 1.53. The highest BCUT2D eigenvalue weighted by Crippen LogP contribution is 2.21. The molecule has 0 unspecified atom stereocenters. The van der Waals surface area contributed by atoms with Crippen LogP contribution in [0.25, 0.3) is 0 Å². The second-order valence-electron chi connectivity index (χ2n) is 2.63. The standard InChI is InChI=1S/C9H10O4/c1-6-4-7(2-3-8(6)10)13-5-9(11)12/h2-4,10H,5H2,1H3,(H,11,12). The molecule has 0 fully saturated rings. The van der Waals surface area contributed by atoms with E-state index in [0.717, 1.165) is 0 Å². The van der Waals surface area contributed by atoms with E-state index in [1.165, 1.54) is 12.1 Å². The number of ether oxygens (including phenoxy) is 1. The van der Waals surface area contributed by atoms with Gasteiger partial charge in [-0.05, 0) is 30.7 Å². The van der Waals surface area contributed by atoms with Crippen LogP contribution < -0.4 is 4.74 Å². The quantitative estimate of drug-likeness (QED) is 0.736. The van der Waals surface area contributed by atoms with Gasteiger partial charge in [0, 0.05) is 0 Å². The van der Waals surface area contributed by atoms with Crippen LogP contribution in [0, 0.1) is 6.92 Å². The molecule has 0 radical (unpaired) electrons.